The Morgan fingerprint density at radius 1 is 1.08 bits per heavy atom. The zero-order valence-electron chi connectivity index (χ0n) is 22.1. The van der Waals surface area contributed by atoms with E-state index in [2.05, 4.69) is 20.9 Å². The maximum absolute atomic E-state index is 13.8. The van der Waals surface area contributed by atoms with Crippen LogP contribution in [-0.4, -0.2) is 56.0 Å². The Morgan fingerprint density at radius 3 is 2.39 bits per heavy atom. The van der Waals surface area contributed by atoms with Gasteiger partial charge in [-0.25, -0.2) is 19.7 Å². The van der Waals surface area contributed by atoms with E-state index in [4.69, 9.17) is 9.97 Å². The lowest BCUT2D eigenvalue weighted by Crippen LogP contribution is -2.64. The molecule has 3 N–H and O–H groups in total. The summed E-state index contributed by atoms with van der Waals surface area (Å²) in [5.41, 5.74) is -0.269. The molecule has 10 heteroatoms. The molecule has 1 aliphatic heterocycles. The summed E-state index contributed by atoms with van der Waals surface area (Å²) < 4.78 is 0. The van der Waals surface area contributed by atoms with Crippen molar-refractivity contribution in [2.75, 3.05) is 18.4 Å². The minimum Gasteiger partial charge on any atom is -0.341 e. The maximum Gasteiger partial charge on any atom is 0.316 e. The van der Waals surface area contributed by atoms with Crippen LogP contribution in [-0.2, 0) is 4.79 Å². The van der Waals surface area contributed by atoms with Crippen molar-refractivity contribution in [3.05, 3.63) is 28.7 Å². The average Bonchev–Trinajstić information content (AvgIpc) is 3.22. The highest BCUT2D eigenvalue weighted by atomic mass is 32.1. The maximum atomic E-state index is 13.8. The zero-order chi connectivity index (χ0) is 25.9. The van der Waals surface area contributed by atoms with Crippen LogP contribution in [0.15, 0.2) is 12.3 Å². The van der Waals surface area contributed by atoms with Crippen molar-refractivity contribution in [2.45, 2.75) is 96.6 Å². The first-order chi connectivity index (χ1) is 17.0. The highest BCUT2D eigenvalue weighted by molar-refractivity contribution is 7.15. The lowest BCUT2D eigenvalue weighted by molar-refractivity contribution is -0.140. The number of nitrogens with one attached hydrogen (secondary N) is 3. The number of piperidine rings is 1. The number of rotatable bonds is 5. The van der Waals surface area contributed by atoms with Crippen molar-refractivity contribution < 1.29 is 9.59 Å². The van der Waals surface area contributed by atoms with Gasteiger partial charge in [-0.05, 0) is 60.3 Å². The van der Waals surface area contributed by atoms with Crippen molar-refractivity contribution in [1.82, 2.24) is 30.5 Å². The monoisotopic (exact) mass is 513 g/mol. The molecule has 0 radical (unpaired) electrons. The molecule has 196 valence electrons. The number of carbonyl (C=O) groups is 2. The van der Waals surface area contributed by atoms with Gasteiger partial charge in [-0.3, -0.25) is 4.79 Å². The Morgan fingerprint density at radius 2 is 1.78 bits per heavy atom. The van der Waals surface area contributed by atoms with Crippen molar-refractivity contribution >= 4 is 34.2 Å². The fourth-order valence-electron chi connectivity index (χ4n) is 5.14. The van der Waals surface area contributed by atoms with E-state index in [1.54, 1.807) is 11.3 Å². The predicted molar refractivity (Wildman–Crippen MR) is 143 cm³/mol. The summed E-state index contributed by atoms with van der Waals surface area (Å²) in [5, 5.41) is 10.2. The number of likely N-dealkylation sites (tertiary alicyclic amines) is 1. The molecular weight excluding hydrogens is 474 g/mol. The lowest BCUT2D eigenvalue weighted by atomic mass is 9.80. The van der Waals surface area contributed by atoms with E-state index in [0.717, 1.165) is 59.4 Å². The van der Waals surface area contributed by atoms with Gasteiger partial charge < -0.3 is 20.9 Å². The Labute approximate surface area is 217 Å². The smallest absolute Gasteiger partial charge is 0.316 e. The minimum atomic E-state index is -0.816. The number of hydrogen-bond donors (Lipinski definition) is 3. The van der Waals surface area contributed by atoms with Gasteiger partial charge >= 0.3 is 6.03 Å². The first-order valence-electron chi connectivity index (χ1n) is 13.0. The quantitative estimate of drug-likeness (QED) is 0.529. The summed E-state index contributed by atoms with van der Waals surface area (Å²) in [6.45, 7) is 11.1. The second kappa shape index (κ2) is 10.7. The van der Waals surface area contributed by atoms with E-state index in [0.29, 0.717) is 25.9 Å². The second-order valence-corrected chi connectivity index (χ2v) is 12.4. The Bertz CT molecular complexity index is 1080. The summed E-state index contributed by atoms with van der Waals surface area (Å²) >= 11 is 1.59. The van der Waals surface area contributed by atoms with Gasteiger partial charge in [-0.2, -0.15) is 0 Å². The third kappa shape index (κ3) is 6.52. The van der Waals surface area contributed by atoms with Crippen LogP contribution >= 0.6 is 11.3 Å². The van der Waals surface area contributed by atoms with Gasteiger partial charge in [-0.1, -0.05) is 19.3 Å². The highest BCUT2D eigenvalue weighted by Crippen LogP contribution is 2.33. The lowest BCUT2D eigenvalue weighted by Gasteiger charge is -2.42. The fourth-order valence-corrected chi connectivity index (χ4v) is 5.81. The number of nitrogens with zero attached hydrogens (tertiary/aromatic N) is 4. The minimum absolute atomic E-state index is 0.0522. The van der Waals surface area contributed by atoms with E-state index in [9.17, 15) is 9.59 Å². The summed E-state index contributed by atoms with van der Waals surface area (Å²) in [6.07, 6.45) is 7.82. The average molecular weight is 514 g/mol. The van der Waals surface area contributed by atoms with Crippen molar-refractivity contribution in [1.29, 1.82) is 0 Å². The Balaban J connectivity index is 1.42. The first kappa shape index (κ1) is 26.3. The van der Waals surface area contributed by atoms with Crippen molar-refractivity contribution in [3.63, 3.8) is 0 Å². The number of thiazole rings is 1. The number of amides is 3. The van der Waals surface area contributed by atoms with Crippen LogP contribution in [0.1, 0.15) is 88.0 Å². The topological polar surface area (TPSA) is 112 Å². The molecule has 0 atom stereocenters. The zero-order valence-corrected chi connectivity index (χ0v) is 22.9. The summed E-state index contributed by atoms with van der Waals surface area (Å²) in [5.74, 6) is 1.80. The molecule has 1 saturated carbocycles. The molecule has 2 aliphatic rings. The standard InChI is InChI=1S/C26H39N7O2S/c1-17-15-20(30-24-27-16-18(2)36-24)29-21(28-17)19-9-13-33(14-10-19)22(34)26(11-7-6-8-12-26)32-23(35)31-25(3,4)5/h15-16,19H,6-14H2,1-5H3,(H2,31,32,35)(H,27,28,29,30). The molecule has 0 spiro atoms. The van der Waals surface area contributed by atoms with Gasteiger partial charge in [0.25, 0.3) is 0 Å². The molecule has 9 nitrogen and oxygen atoms in total. The molecule has 0 aromatic carbocycles. The highest BCUT2D eigenvalue weighted by Gasteiger charge is 2.44. The molecule has 1 saturated heterocycles. The molecule has 4 rings (SSSR count). The molecule has 2 aromatic rings. The molecule has 2 aromatic heterocycles. The summed E-state index contributed by atoms with van der Waals surface area (Å²) in [7, 11) is 0. The third-order valence-electron chi connectivity index (χ3n) is 6.83. The number of hydrogen-bond acceptors (Lipinski definition) is 7. The van der Waals surface area contributed by atoms with Gasteiger partial charge in [0.15, 0.2) is 5.13 Å². The SMILES string of the molecule is Cc1cc(Nc2ncc(C)s2)nc(C2CCN(C(=O)C3(NC(=O)NC(C)(C)C)CCCCC3)CC2)n1. The molecule has 0 bridgehead atoms. The van der Waals surface area contributed by atoms with Crippen LogP contribution < -0.4 is 16.0 Å². The van der Waals surface area contributed by atoms with E-state index in [1.807, 2.05) is 51.8 Å². The van der Waals surface area contributed by atoms with Crippen LogP contribution in [0.25, 0.3) is 0 Å². The van der Waals surface area contributed by atoms with Gasteiger partial charge in [0, 0.05) is 47.4 Å². The van der Waals surface area contributed by atoms with Crippen LogP contribution in [0.2, 0.25) is 0 Å². The van der Waals surface area contributed by atoms with Gasteiger partial charge in [0.1, 0.15) is 17.2 Å². The number of carbonyl (C=O) groups excluding carboxylic acids is 2. The summed E-state index contributed by atoms with van der Waals surface area (Å²) in [6, 6.07) is 1.66. The number of aromatic nitrogens is 3. The molecule has 1 aliphatic carbocycles. The molecule has 0 unspecified atom stereocenters. The number of aryl methyl sites for hydroxylation is 2. The van der Waals surface area contributed by atoms with Crippen LogP contribution in [0.4, 0.5) is 15.7 Å². The van der Waals surface area contributed by atoms with Crippen LogP contribution in [0, 0.1) is 13.8 Å². The molecular formula is C26H39N7O2S. The molecule has 3 amide bonds. The largest absolute Gasteiger partial charge is 0.341 e. The van der Waals surface area contributed by atoms with Gasteiger partial charge in [-0.15, -0.1) is 11.3 Å². The van der Waals surface area contributed by atoms with Crippen molar-refractivity contribution in [2.24, 2.45) is 0 Å². The fraction of sp³-hybridized carbons (Fsp3) is 0.654. The summed E-state index contributed by atoms with van der Waals surface area (Å²) in [4.78, 5) is 43.5. The second-order valence-electron chi connectivity index (χ2n) is 11.2. The van der Waals surface area contributed by atoms with Gasteiger partial charge in [0.05, 0.1) is 0 Å². The Hall–Kier alpha value is -2.75. The third-order valence-corrected chi connectivity index (χ3v) is 7.66. The van der Waals surface area contributed by atoms with E-state index < -0.39 is 5.54 Å². The number of anilines is 2. The Kier molecular flexibility index (Phi) is 7.82. The molecule has 2 fully saturated rings. The van der Waals surface area contributed by atoms with E-state index >= 15 is 0 Å². The first-order valence-corrected chi connectivity index (χ1v) is 13.8. The van der Waals surface area contributed by atoms with E-state index in [1.165, 1.54) is 0 Å². The van der Waals surface area contributed by atoms with Crippen LogP contribution in [0.5, 0.6) is 0 Å². The molecule has 3 heterocycles. The van der Waals surface area contributed by atoms with Gasteiger partial charge in [0.2, 0.25) is 5.91 Å². The predicted octanol–water partition coefficient (Wildman–Crippen LogP) is 4.80. The van der Waals surface area contributed by atoms with Crippen LogP contribution in [0.3, 0.4) is 0 Å². The number of urea groups is 1. The van der Waals surface area contributed by atoms with Crippen molar-refractivity contribution in [3.8, 4) is 0 Å². The van der Waals surface area contributed by atoms with E-state index in [-0.39, 0.29) is 23.4 Å². The molecule has 36 heavy (non-hydrogen) atoms. The normalized spacial score (nSPS) is 18.5.